The maximum absolute atomic E-state index is 5.93. The highest BCUT2D eigenvalue weighted by molar-refractivity contribution is 7.80. The minimum absolute atomic E-state index is 0.00490. The number of rotatable bonds is 5. The Hall–Kier alpha value is -2.77. The summed E-state index contributed by atoms with van der Waals surface area (Å²) in [5.41, 5.74) is 3.25. The molecular weight excluding hydrogens is 394 g/mol. The molecule has 0 spiro atoms. The van der Waals surface area contributed by atoms with Crippen molar-refractivity contribution >= 4 is 17.3 Å². The Kier molecular flexibility index (Phi) is 5.23. The van der Waals surface area contributed by atoms with Crippen molar-refractivity contribution in [2.45, 2.75) is 38.0 Å². The second-order valence-electron chi connectivity index (χ2n) is 7.91. The van der Waals surface area contributed by atoms with Gasteiger partial charge in [-0.1, -0.05) is 12.1 Å². The second kappa shape index (κ2) is 8.16. The van der Waals surface area contributed by atoms with Crippen molar-refractivity contribution in [3.63, 3.8) is 0 Å². The van der Waals surface area contributed by atoms with Crippen molar-refractivity contribution in [1.29, 1.82) is 0 Å². The van der Waals surface area contributed by atoms with Gasteiger partial charge < -0.3 is 19.5 Å². The summed E-state index contributed by atoms with van der Waals surface area (Å²) in [7, 11) is 0. The molecule has 5 rings (SSSR count). The molecule has 0 saturated carbocycles. The summed E-state index contributed by atoms with van der Waals surface area (Å²) in [6.07, 6.45) is 8.18. The smallest absolute Gasteiger partial charge is 0.170 e. The van der Waals surface area contributed by atoms with Gasteiger partial charge in [0.05, 0.1) is 23.9 Å². The molecule has 0 aromatic carbocycles. The van der Waals surface area contributed by atoms with E-state index < -0.39 is 0 Å². The Bertz CT molecular complexity index is 1010. The van der Waals surface area contributed by atoms with Crippen molar-refractivity contribution in [2.24, 2.45) is 0 Å². The zero-order valence-electron chi connectivity index (χ0n) is 16.9. The molecule has 2 aliphatic heterocycles. The fourth-order valence-electron chi connectivity index (χ4n) is 4.38. The second-order valence-corrected chi connectivity index (χ2v) is 8.30. The van der Waals surface area contributed by atoms with Gasteiger partial charge in [-0.3, -0.25) is 4.98 Å². The number of nitrogens with one attached hydrogen (secondary N) is 1. The number of pyridine rings is 2. The standard InChI is InChI=1S/C23H25N5OS/c1-16-9-10-20(25-14-16)27-12-4-8-19(27)22-21(18-7-2-3-11-24-18)26-23(30)28(22)15-17-6-5-13-29-17/h2-4,7-12,14,17,21-22H,5-6,13,15H2,1H3,(H,26,30)/t17-,21-,22+/m0/s1. The molecule has 30 heavy (non-hydrogen) atoms. The first kappa shape index (κ1) is 19.2. The number of hydrogen-bond donors (Lipinski definition) is 1. The third kappa shape index (κ3) is 3.59. The van der Waals surface area contributed by atoms with Crippen molar-refractivity contribution in [3.8, 4) is 5.82 Å². The first-order valence-corrected chi connectivity index (χ1v) is 10.8. The number of aryl methyl sites for hydroxylation is 1. The minimum atomic E-state index is -0.0424. The van der Waals surface area contributed by atoms with Crippen LogP contribution in [0.1, 0.15) is 41.9 Å². The van der Waals surface area contributed by atoms with E-state index in [1.165, 1.54) is 0 Å². The molecule has 3 atom stereocenters. The lowest BCUT2D eigenvalue weighted by Gasteiger charge is -2.30. The van der Waals surface area contributed by atoms with Gasteiger partial charge in [0.15, 0.2) is 5.11 Å². The van der Waals surface area contributed by atoms with Gasteiger partial charge in [0.25, 0.3) is 0 Å². The number of aromatic nitrogens is 3. The molecule has 7 heteroatoms. The zero-order valence-corrected chi connectivity index (χ0v) is 17.8. The van der Waals surface area contributed by atoms with Crippen LogP contribution in [0, 0.1) is 6.92 Å². The van der Waals surface area contributed by atoms with Crippen LogP contribution in [0.2, 0.25) is 0 Å². The molecule has 0 unspecified atom stereocenters. The fraction of sp³-hybridized carbons (Fsp3) is 0.348. The molecular formula is C23H25N5OS. The number of hydrogen-bond acceptors (Lipinski definition) is 4. The van der Waals surface area contributed by atoms with Crippen LogP contribution in [0.15, 0.2) is 61.1 Å². The number of thiocarbonyl (C=S) groups is 1. The lowest BCUT2D eigenvalue weighted by molar-refractivity contribution is 0.0836. The van der Waals surface area contributed by atoms with E-state index in [1.54, 1.807) is 0 Å². The topological polar surface area (TPSA) is 55.2 Å². The molecule has 3 aromatic heterocycles. The van der Waals surface area contributed by atoms with Gasteiger partial charge in [0.1, 0.15) is 5.82 Å². The summed E-state index contributed by atoms with van der Waals surface area (Å²) in [4.78, 5) is 11.5. The van der Waals surface area contributed by atoms with Gasteiger partial charge in [-0.15, -0.1) is 0 Å². The molecule has 154 valence electrons. The van der Waals surface area contributed by atoms with Gasteiger partial charge in [-0.25, -0.2) is 4.98 Å². The molecule has 2 aliphatic rings. The highest BCUT2D eigenvalue weighted by Gasteiger charge is 2.42. The van der Waals surface area contributed by atoms with E-state index in [4.69, 9.17) is 17.0 Å². The van der Waals surface area contributed by atoms with E-state index in [-0.39, 0.29) is 18.2 Å². The van der Waals surface area contributed by atoms with Crippen molar-refractivity contribution in [2.75, 3.05) is 13.2 Å². The van der Waals surface area contributed by atoms with E-state index in [0.29, 0.717) is 0 Å². The summed E-state index contributed by atoms with van der Waals surface area (Å²) < 4.78 is 8.09. The zero-order chi connectivity index (χ0) is 20.5. The summed E-state index contributed by atoms with van der Waals surface area (Å²) in [6, 6.07) is 14.3. The van der Waals surface area contributed by atoms with Crippen LogP contribution < -0.4 is 5.32 Å². The highest BCUT2D eigenvalue weighted by Crippen LogP contribution is 2.40. The minimum Gasteiger partial charge on any atom is -0.376 e. The first-order valence-electron chi connectivity index (χ1n) is 10.4. The average Bonchev–Trinajstić information content (AvgIpc) is 3.51. The maximum Gasteiger partial charge on any atom is 0.170 e. The third-order valence-electron chi connectivity index (χ3n) is 5.85. The first-order chi connectivity index (χ1) is 14.7. The quantitative estimate of drug-likeness (QED) is 0.636. The predicted molar refractivity (Wildman–Crippen MR) is 119 cm³/mol. The summed E-state index contributed by atoms with van der Waals surface area (Å²) in [6.45, 7) is 3.65. The highest BCUT2D eigenvalue weighted by atomic mass is 32.1. The average molecular weight is 420 g/mol. The van der Waals surface area contributed by atoms with Gasteiger partial charge in [0.2, 0.25) is 0 Å². The largest absolute Gasteiger partial charge is 0.376 e. The van der Waals surface area contributed by atoms with Crippen LogP contribution in [0.5, 0.6) is 0 Å². The lowest BCUT2D eigenvalue weighted by atomic mass is 10.0. The van der Waals surface area contributed by atoms with Crippen LogP contribution in [-0.4, -0.2) is 43.8 Å². The molecule has 1 N–H and O–H groups in total. The summed E-state index contributed by atoms with van der Waals surface area (Å²) >= 11 is 5.79. The van der Waals surface area contributed by atoms with E-state index >= 15 is 0 Å². The molecule has 3 aromatic rings. The Morgan fingerprint density at radius 1 is 1.17 bits per heavy atom. The molecule has 2 fully saturated rings. The van der Waals surface area contributed by atoms with E-state index in [2.05, 4.69) is 61.3 Å². The Morgan fingerprint density at radius 3 is 2.83 bits per heavy atom. The molecule has 0 radical (unpaired) electrons. The van der Waals surface area contributed by atoms with Crippen LogP contribution in [0.4, 0.5) is 0 Å². The normalized spacial score (nSPS) is 23.7. The van der Waals surface area contributed by atoms with Crippen LogP contribution >= 0.6 is 12.2 Å². The molecule has 0 bridgehead atoms. The van der Waals surface area contributed by atoms with Gasteiger partial charge in [-0.2, -0.15) is 0 Å². The van der Waals surface area contributed by atoms with Gasteiger partial charge >= 0.3 is 0 Å². The third-order valence-corrected chi connectivity index (χ3v) is 6.20. The van der Waals surface area contributed by atoms with Gasteiger partial charge in [-0.05, 0) is 67.9 Å². The maximum atomic E-state index is 5.93. The predicted octanol–water partition coefficient (Wildman–Crippen LogP) is 3.73. The lowest BCUT2D eigenvalue weighted by Crippen LogP contribution is -2.36. The monoisotopic (exact) mass is 419 g/mol. The van der Waals surface area contributed by atoms with Crippen molar-refractivity contribution in [1.82, 2.24) is 24.8 Å². The molecule has 5 heterocycles. The molecule has 0 amide bonds. The molecule has 0 aliphatic carbocycles. The fourth-order valence-corrected chi connectivity index (χ4v) is 4.69. The summed E-state index contributed by atoms with van der Waals surface area (Å²) in [5, 5.41) is 4.27. The van der Waals surface area contributed by atoms with E-state index in [0.717, 1.165) is 53.9 Å². The number of nitrogens with zero attached hydrogens (tertiary/aromatic N) is 4. The van der Waals surface area contributed by atoms with E-state index in [9.17, 15) is 0 Å². The number of ether oxygens (including phenoxy) is 1. The Balaban J connectivity index is 1.56. The molecule has 6 nitrogen and oxygen atoms in total. The SMILES string of the molecule is Cc1ccc(-n2cccc2[C@@H]2[C@H](c3ccccn3)NC(=S)N2C[C@@H]2CCCO2)nc1. The van der Waals surface area contributed by atoms with Crippen molar-refractivity contribution in [3.05, 3.63) is 78.0 Å². The molecule has 2 saturated heterocycles. The van der Waals surface area contributed by atoms with Crippen molar-refractivity contribution < 1.29 is 4.74 Å². The van der Waals surface area contributed by atoms with E-state index in [1.807, 2.05) is 31.5 Å². The van der Waals surface area contributed by atoms with Gasteiger partial charge in [0, 0.05) is 37.4 Å². The Morgan fingerprint density at radius 2 is 2.10 bits per heavy atom. The van der Waals surface area contributed by atoms with Crippen LogP contribution in [0.3, 0.4) is 0 Å². The van der Waals surface area contributed by atoms with Crippen LogP contribution in [-0.2, 0) is 4.74 Å². The Labute approximate surface area is 181 Å². The summed E-state index contributed by atoms with van der Waals surface area (Å²) in [5.74, 6) is 0.898. The van der Waals surface area contributed by atoms with Crippen LogP contribution in [0.25, 0.3) is 5.82 Å².